The third-order valence-corrected chi connectivity index (χ3v) is 2.96. The van der Waals surface area contributed by atoms with Gasteiger partial charge in [-0.2, -0.15) is 0 Å². The van der Waals surface area contributed by atoms with E-state index in [1.165, 1.54) is 19.4 Å². The molecule has 3 aliphatic rings. The molecular weight excluding hydrogens is 222 g/mol. The molecule has 3 heteroatoms. The molecule has 3 rings (SSSR count). The van der Waals surface area contributed by atoms with Crippen molar-refractivity contribution in [2.75, 3.05) is 13.1 Å². The van der Waals surface area contributed by atoms with Crippen LogP contribution in [0.5, 0.6) is 0 Å². The molecule has 3 aliphatic heterocycles. The van der Waals surface area contributed by atoms with Gasteiger partial charge in [0.15, 0.2) is 0 Å². The molecule has 0 spiro atoms. The maximum Gasteiger partial charge on any atom is 1.00 e. The maximum absolute atomic E-state index is 4.59. The number of nitrogens with zero attached hydrogens (tertiary/aromatic N) is 2. The minimum atomic E-state index is 0. The molecule has 0 N–H and O–H groups in total. The van der Waals surface area contributed by atoms with Gasteiger partial charge in [0.1, 0.15) is 0 Å². The van der Waals surface area contributed by atoms with Gasteiger partial charge in [-0.15, -0.1) is 12.6 Å². The normalized spacial score (nSPS) is 35.2. The van der Waals surface area contributed by atoms with Crippen LogP contribution in [0.15, 0.2) is 0 Å². The molecule has 0 aliphatic carbocycles. The number of piperazine rings is 1. The Morgan fingerprint density at radius 3 is 2.33 bits per heavy atom. The molecule has 3 fully saturated rings. The minimum absolute atomic E-state index is 0. The fourth-order valence-electron chi connectivity index (χ4n) is 2.28. The smallest absolute Gasteiger partial charge is 0.657 e. The minimum Gasteiger partial charge on any atom is -0.657 e. The van der Waals surface area contributed by atoms with Crippen LogP contribution >= 0.6 is 0 Å². The molecule has 0 amide bonds. The molecule has 2 nitrogen and oxygen atoms in total. The van der Waals surface area contributed by atoms with Crippen LogP contribution in [0.3, 0.4) is 0 Å². The second-order valence-electron chi connectivity index (χ2n) is 4.04. The van der Waals surface area contributed by atoms with E-state index in [9.17, 15) is 0 Å². The van der Waals surface area contributed by atoms with E-state index in [0.717, 1.165) is 18.6 Å². The molecule has 0 aromatic carbocycles. The summed E-state index contributed by atoms with van der Waals surface area (Å²) in [4.78, 5) is 2.61. The van der Waals surface area contributed by atoms with Crippen LogP contribution in [-0.4, -0.2) is 36.1 Å². The summed E-state index contributed by atoms with van der Waals surface area (Å²) >= 11 is 0. The van der Waals surface area contributed by atoms with Crippen molar-refractivity contribution in [1.82, 2.24) is 4.90 Å². The van der Waals surface area contributed by atoms with E-state index in [1.54, 1.807) is 0 Å². The molecule has 0 radical (unpaired) electrons. The molecule has 0 aromatic heterocycles. The monoisotopic (exact) mass is 238 g/mol. The first kappa shape index (κ1) is 11.8. The van der Waals surface area contributed by atoms with Crippen molar-refractivity contribution in [2.24, 2.45) is 0 Å². The van der Waals surface area contributed by atoms with Crippen molar-refractivity contribution in [3.63, 3.8) is 0 Å². The van der Waals surface area contributed by atoms with Crippen LogP contribution in [-0.2, 0) is 0 Å². The van der Waals surface area contributed by atoms with Gasteiger partial charge in [-0.25, -0.2) is 0 Å². The van der Waals surface area contributed by atoms with Crippen LogP contribution in [0.2, 0.25) is 0 Å². The summed E-state index contributed by atoms with van der Waals surface area (Å²) in [5.74, 6) is 0. The summed E-state index contributed by atoms with van der Waals surface area (Å²) < 4.78 is 0. The van der Waals surface area contributed by atoms with Crippen LogP contribution < -0.4 is 58.2 Å². The fourth-order valence-corrected chi connectivity index (χ4v) is 2.28. The number of rotatable bonds is 1. The van der Waals surface area contributed by atoms with Crippen LogP contribution in [0, 0.1) is 0 Å². The van der Waals surface area contributed by atoms with Crippen molar-refractivity contribution >= 4 is 0 Å². The first-order valence-corrected chi connectivity index (χ1v) is 4.69. The number of piperidine rings is 2. The van der Waals surface area contributed by atoms with E-state index in [4.69, 9.17) is 0 Å². The van der Waals surface area contributed by atoms with Crippen molar-refractivity contribution in [2.45, 2.75) is 44.8 Å². The number of fused-ring (bicyclic) bond motifs is 3. The third-order valence-electron chi connectivity index (χ3n) is 2.96. The van der Waals surface area contributed by atoms with Crippen LogP contribution in [0.4, 0.5) is 0 Å². The summed E-state index contributed by atoms with van der Waals surface area (Å²) in [6.07, 6.45) is 2.72. The summed E-state index contributed by atoms with van der Waals surface area (Å²) in [6.45, 7) is 6.91. The summed E-state index contributed by atoms with van der Waals surface area (Å²) in [6, 6.07) is 2.17. The zero-order valence-corrected chi connectivity index (χ0v) is 13.4. The van der Waals surface area contributed by atoms with Gasteiger partial charge in [0.2, 0.25) is 0 Å². The second-order valence-corrected chi connectivity index (χ2v) is 4.04. The Bertz CT molecular complexity index is 141. The van der Waals surface area contributed by atoms with Crippen LogP contribution in [0.25, 0.3) is 5.32 Å². The van der Waals surface area contributed by atoms with Gasteiger partial charge in [0, 0.05) is 6.04 Å². The Hall–Kier alpha value is 1.73. The van der Waals surface area contributed by atoms with E-state index in [0.29, 0.717) is 6.04 Å². The summed E-state index contributed by atoms with van der Waals surface area (Å²) in [7, 11) is 0. The third kappa shape index (κ3) is 2.40. The summed E-state index contributed by atoms with van der Waals surface area (Å²) in [5.41, 5.74) is 0. The van der Waals surface area contributed by atoms with E-state index in [2.05, 4.69) is 24.1 Å². The molecule has 2 bridgehead atoms. The molecule has 12 heavy (non-hydrogen) atoms. The first-order valence-electron chi connectivity index (χ1n) is 4.69. The second kappa shape index (κ2) is 4.99. The van der Waals surface area contributed by atoms with Gasteiger partial charge in [-0.3, -0.25) is 0 Å². The quantitative estimate of drug-likeness (QED) is 0.551. The molecule has 0 aromatic rings. The SMILES string of the molecule is CC(C)N1CC2CCC1C[N-]2.[Rb+]. The Labute approximate surface area is 124 Å². The van der Waals surface area contributed by atoms with Crippen molar-refractivity contribution in [3.05, 3.63) is 5.32 Å². The van der Waals surface area contributed by atoms with E-state index in [-0.39, 0.29) is 58.2 Å². The van der Waals surface area contributed by atoms with Crippen molar-refractivity contribution in [1.29, 1.82) is 0 Å². The average Bonchev–Trinajstić information content (AvgIpc) is 2.06. The van der Waals surface area contributed by atoms with Crippen molar-refractivity contribution < 1.29 is 58.2 Å². The standard InChI is InChI=1S/C9H17N2.Rb/c1-7(2)11-6-8-3-4-9(11)5-10-8;/h7-9H,3-6H2,1-2H3;/q-1;+1. The summed E-state index contributed by atoms with van der Waals surface area (Å²) in [5, 5.41) is 4.59. The molecule has 2 unspecified atom stereocenters. The van der Waals surface area contributed by atoms with Crippen molar-refractivity contribution in [3.8, 4) is 0 Å². The predicted molar refractivity (Wildman–Crippen MR) is 46.9 cm³/mol. The number of hydrogen-bond donors (Lipinski definition) is 0. The first-order chi connectivity index (χ1) is 5.27. The van der Waals surface area contributed by atoms with Gasteiger partial charge in [0.25, 0.3) is 0 Å². The predicted octanol–water partition coefficient (Wildman–Crippen LogP) is -1.38. The zero-order chi connectivity index (χ0) is 7.84. The molecular formula is C9H17N2Rb. The average molecular weight is 239 g/mol. The molecule has 2 atom stereocenters. The Morgan fingerprint density at radius 1 is 1.33 bits per heavy atom. The fraction of sp³-hybridized carbons (Fsp3) is 1.00. The Kier molecular flexibility index (Phi) is 4.91. The molecule has 3 saturated heterocycles. The Morgan fingerprint density at radius 2 is 2.08 bits per heavy atom. The van der Waals surface area contributed by atoms with Crippen LogP contribution in [0.1, 0.15) is 26.7 Å². The Balaban J connectivity index is 0.000000720. The maximum atomic E-state index is 4.59. The van der Waals surface area contributed by atoms with Gasteiger partial charge >= 0.3 is 58.2 Å². The largest absolute Gasteiger partial charge is 1.00 e. The van der Waals surface area contributed by atoms with Gasteiger partial charge in [-0.05, 0) is 32.9 Å². The van der Waals surface area contributed by atoms with Gasteiger partial charge in [0.05, 0.1) is 0 Å². The zero-order valence-electron chi connectivity index (χ0n) is 8.45. The van der Waals surface area contributed by atoms with E-state index in [1.807, 2.05) is 0 Å². The molecule has 0 saturated carbocycles. The van der Waals surface area contributed by atoms with Gasteiger partial charge < -0.3 is 10.2 Å². The molecule has 64 valence electrons. The van der Waals surface area contributed by atoms with E-state index >= 15 is 0 Å². The molecule has 3 heterocycles. The van der Waals surface area contributed by atoms with E-state index < -0.39 is 0 Å². The number of hydrogen-bond acceptors (Lipinski definition) is 1. The topological polar surface area (TPSA) is 17.3 Å². The van der Waals surface area contributed by atoms with Gasteiger partial charge in [-0.1, -0.05) is 6.42 Å².